The Bertz CT molecular complexity index is 5040. The van der Waals surface area contributed by atoms with Gasteiger partial charge in [0.25, 0.3) is 20.1 Å². The number of para-hydroxylation sites is 8. The molecule has 0 aliphatic carbocycles. The molecule has 404 valence electrons. The van der Waals surface area contributed by atoms with Crippen LogP contribution in [0.15, 0.2) is 297 Å². The minimum absolute atomic E-state index is 0.0604. The first-order chi connectivity index (χ1) is 43.7. The van der Waals surface area contributed by atoms with Crippen molar-refractivity contribution in [1.29, 1.82) is 0 Å². The summed E-state index contributed by atoms with van der Waals surface area (Å²) in [4.78, 5) is 12.9. The number of rotatable bonds is 7. The Morgan fingerprint density at radius 3 is 1.00 bits per heavy atom. The maximum Gasteiger partial charge on any atom is 0.252 e. The Morgan fingerprint density at radius 2 is 0.568 bits per heavy atom. The summed E-state index contributed by atoms with van der Waals surface area (Å²) in [5.41, 5.74) is 32.6. The molecule has 0 radical (unpaired) electrons. The van der Waals surface area contributed by atoms with Crippen LogP contribution in [0.4, 0.5) is 85.3 Å². The van der Waals surface area contributed by atoms with Crippen LogP contribution in [0.25, 0.3) is 0 Å². The maximum atomic E-state index is 7.23. The summed E-state index contributed by atoms with van der Waals surface area (Å²) in [6.07, 6.45) is 0. The summed E-state index contributed by atoms with van der Waals surface area (Å²) in [6.45, 7) is -0.454. The Labute approximate surface area is 512 Å². The minimum Gasteiger partial charge on any atom is -0.453 e. The van der Waals surface area contributed by atoms with Gasteiger partial charge in [0, 0.05) is 73.9 Å². The van der Waals surface area contributed by atoms with Crippen LogP contribution in [0, 0.1) is 0 Å². The molecule has 0 aromatic heterocycles. The van der Waals surface area contributed by atoms with Gasteiger partial charge in [0.1, 0.15) is 0 Å². The lowest BCUT2D eigenvalue weighted by atomic mass is 9.28. The van der Waals surface area contributed by atoms with Gasteiger partial charge in [0.2, 0.25) is 6.71 Å². The Balaban J connectivity index is 0.924. The van der Waals surface area contributed by atoms with Gasteiger partial charge in [0.05, 0.1) is 11.4 Å². The normalized spacial score (nSPS) is 14.0. The fourth-order valence-electron chi connectivity index (χ4n) is 16.5. The Hall–Kier alpha value is -11.1. The first kappa shape index (κ1) is 48.2. The molecule has 7 aliphatic rings. The molecule has 0 amide bonds. The molecule has 7 heterocycles. The predicted molar refractivity (Wildman–Crippen MR) is 371 cm³/mol. The summed E-state index contributed by atoms with van der Waals surface area (Å²) in [5, 5.41) is 0. The smallest absolute Gasteiger partial charge is 0.252 e. The van der Waals surface area contributed by atoms with Crippen LogP contribution in [0.1, 0.15) is 0 Å². The Kier molecular flexibility index (Phi) is 9.98. The number of hydrogen-bond donors (Lipinski definition) is 0. The molecule has 0 saturated carbocycles. The number of benzene rings is 13. The second-order valence-corrected chi connectivity index (χ2v) is 24.2. The topological polar surface area (TPSA) is 25.4 Å². The Morgan fingerprint density at radius 1 is 0.227 bits per heavy atom. The summed E-state index contributed by atoms with van der Waals surface area (Å²) >= 11 is 0. The van der Waals surface area contributed by atoms with Crippen molar-refractivity contribution >= 4 is 178 Å². The second-order valence-electron chi connectivity index (χ2n) is 24.2. The van der Waals surface area contributed by atoms with Gasteiger partial charge in [0.15, 0.2) is 11.5 Å². The molecule has 7 aliphatic heterocycles. The number of hydrogen-bond acceptors (Lipinski definition) is 6. The lowest BCUT2D eigenvalue weighted by molar-refractivity contribution is 0.478. The van der Waals surface area contributed by atoms with Crippen LogP contribution in [-0.4, -0.2) is 26.9 Å². The van der Waals surface area contributed by atoms with Crippen molar-refractivity contribution < 1.29 is 4.74 Å². The van der Waals surface area contributed by atoms with E-state index >= 15 is 0 Å². The average molecular weight is 1120 g/mol. The first-order valence-electron chi connectivity index (χ1n) is 30.7. The van der Waals surface area contributed by atoms with Gasteiger partial charge in [-0.1, -0.05) is 211 Å². The van der Waals surface area contributed by atoms with Crippen LogP contribution >= 0.6 is 0 Å². The van der Waals surface area contributed by atoms with Crippen LogP contribution in [0.2, 0.25) is 0 Å². The molecule has 13 aromatic rings. The fraction of sp³-hybridized carbons (Fsp3) is 0. The van der Waals surface area contributed by atoms with Crippen molar-refractivity contribution in [3.63, 3.8) is 0 Å². The molecule has 0 N–H and O–H groups in total. The number of anilines is 15. The monoisotopic (exact) mass is 1120 g/mol. The van der Waals surface area contributed by atoms with E-state index in [4.69, 9.17) is 4.74 Å². The highest BCUT2D eigenvalue weighted by atomic mass is 16.5. The molecule has 0 spiro atoms. The SMILES string of the molecule is c1ccc(B(c2ccccc2)c2cc3c4c(c2)N(c2ccccc2)c2cc5c(cc2B4c2ccccc2N3c2ccccc2)N(c2ccccc2)c2cc3c4c6c2B5c2cccc5c2N6c2c(cccc2B4c2ccccc2N3c2ccccc2)O5)cc1. The molecule has 0 bridgehead atoms. The van der Waals surface area contributed by atoms with Crippen LogP contribution < -0.4 is 94.8 Å². The molecule has 0 unspecified atom stereocenters. The summed E-state index contributed by atoms with van der Waals surface area (Å²) in [6, 6.07) is 111. The molecular weight excluding hydrogens is 1070 g/mol. The molecule has 6 nitrogen and oxygen atoms in total. The zero-order valence-electron chi connectivity index (χ0n) is 47.7. The van der Waals surface area contributed by atoms with Crippen molar-refractivity contribution in [1.82, 2.24) is 0 Å². The van der Waals surface area contributed by atoms with E-state index in [1.807, 2.05) is 0 Å². The van der Waals surface area contributed by atoms with Crippen LogP contribution in [0.5, 0.6) is 11.5 Å². The molecule has 0 saturated heterocycles. The van der Waals surface area contributed by atoms with Gasteiger partial charge in [-0.25, -0.2) is 0 Å². The van der Waals surface area contributed by atoms with Crippen molar-refractivity contribution in [3.05, 3.63) is 297 Å². The zero-order valence-corrected chi connectivity index (χ0v) is 47.7. The van der Waals surface area contributed by atoms with Crippen LogP contribution in [-0.2, 0) is 0 Å². The zero-order chi connectivity index (χ0) is 57.3. The summed E-state index contributed by atoms with van der Waals surface area (Å²) in [7, 11) is 0. The van der Waals surface area contributed by atoms with Crippen LogP contribution in [0.3, 0.4) is 0 Å². The molecule has 13 aromatic carbocycles. The van der Waals surface area contributed by atoms with Gasteiger partial charge in [-0.3, -0.25) is 0 Å². The molecule has 0 atom stereocenters. The van der Waals surface area contributed by atoms with Crippen molar-refractivity contribution in [3.8, 4) is 11.5 Å². The van der Waals surface area contributed by atoms with Gasteiger partial charge in [-0.05, 0) is 152 Å². The molecule has 88 heavy (non-hydrogen) atoms. The van der Waals surface area contributed by atoms with E-state index in [0.717, 1.165) is 45.6 Å². The lowest BCUT2D eigenvalue weighted by Crippen LogP contribution is -2.69. The van der Waals surface area contributed by atoms with Gasteiger partial charge in [-0.15, -0.1) is 0 Å². The average Bonchev–Trinajstić information content (AvgIpc) is 0.682. The number of nitrogens with zero attached hydrogens (tertiary/aromatic N) is 5. The highest BCUT2D eigenvalue weighted by Crippen LogP contribution is 2.56. The third kappa shape index (κ3) is 6.50. The van der Waals surface area contributed by atoms with Gasteiger partial charge in [-0.2, -0.15) is 0 Å². The maximum absolute atomic E-state index is 7.23. The standard InChI is InChI=1S/C78H49B4N5O/c1-7-25-50(26-8-1)79(51-27-9-2-10-28-51)52-45-67-73-68(46-52)85(55-33-15-5-16-34-55)65-48-62-66(47-61(65)81(73)58-38-20-22-42-64(58)83(67)53-29-11-3-12-30-53)86(56-35-17-6-18-36-56)70-49-69-74-78-75(70)82(62)60-40-24-44-72-77(60)87(78)76-59(39-23-43-71(76)88-72)80(74)57-37-19-21-41-63(57)84(69)54-31-13-4-14-32-54/h1-49H. The van der Waals surface area contributed by atoms with E-state index in [1.54, 1.807) is 0 Å². The third-order valence-electron chi connectivity index (χ3n) is 19.8. The van der Waals surface area contributed by atoms with E-state index in [-0.39, 0.29) is 26.9 Å². The first-order valence-corrected chi connectivity index (χ1v) is 30.7. The van der Waals surface area contributed by atoms with E-state index in [9.17, 15) is 0 Å². The fourth-order valence-corrected chi connectivity index (χ4v) is 16.5. The summed E-state index contributed by atoms with van der Waals surface area (Å²) < 4.78 is 7.23. The number of ether oxygens (including phenoxy) is 1. The molecule has 10 heteroatoms. The van der Waals surface area contributed by atoms with Gasteiger partial charge >= 0.3 is 0 Å². The van der Waals surface area contributed by atoms with E-state index < -0.39 is 0 Å². The largest absolute Gasteiger partial charge is 0.453 e. The van der Waals surface area contributed by atoms with Crippen molar-refractivity contribution in [2.24, 2.45) is 0 Å². The van der Waals surface area contributed by atoms with Crippen molar-refractivity contribution in [2.75, 3.05) is 24.5 Å². The quantitative estimate of drug-likeness (QED) is 0.148. The highest BCUT2D eigenvalue weighted by molar-refractivity contribution is 7.06. The minimum atomic E-state index is -0.186. The lowest BCUT2D eigenvalue weighted by Gasteiger charge is -2.52. The van der Waals surface area contributed by atoms with E-state index in [1.165, 1.54) is 117 Å². The van der Waals surface area contributed by atoms with Gasteiger partial charge < -0.3 is 29.2 Å². The molecular formula is C78H49B4N5O. The summed E-state index contributed by atoms with van der Waals surface area (Å²) in [5.74, 6) is 1.76. The predicted octanol–water partition coefficient (Wildman–Crippen LogP) is 11.1. The number of fused-ring (bicyclic) bond motifs is 10. The van der Waals surface area contributed by atoms with E-state index in [2.05, 4.69) is 322 Å². The third-order valence-corrected chi connectivity index (χ3v) is 19.8. The second kappa shape index (κ2) is 18.2. The highest BCUT2D eigenvalue weighted by Gasteiger charge is 2.55. The van der Waals surface area contributed by atoms with E-state index in [0.29, 0.717) is 0 Å². The molecule has 0 fully saturated rings. The van der Waals surface area contributed by atoms with Crippen molar-refractivity contribution in [2.45, 2.75) is 0 Å². The molecule has 20 rings (SSSR count).